The second-order valence-corrected chi connectivity index (χ2v) is 9.63. The Morgan fingerprint density at radius 2 is 1.56 bits per heavy atom. The topological polar surface area (TPSA) is 76.1 Å². The lowest BCUT2D eigenvalue weighted by molar-refractivity contribution is 0.0450. The minimum atomic E-state index is -3.78. The predicted molar refractivity (Wildman–Crippen MR) is 126 cm³/mol. The second-order valence-electron chi connectivity index (χ2n) is 7.69. The Kier molecular flexibility index (Phi) is 7.44. The molecule has 0 radical (unpaired) electrons. The lowest BCUT2D eigenvalue weighted by atomic mass is 10.2. The first-order chi connectivity index (χ1) is 16.4. The molecule has 0 bridgehead atoms. The molecule has 7 nitrogen and oxygen atoms in total. The Morgan fingerprint density at radius 3 is 2.26 bits per heavy atom. The van der Waals surface area contributed by atoms with Crippen LogP contribution in [0.3, 0.4) is 0 Å². The maximum atomic E-state index is 13.2. The molecule has 1 aliphatic heterocycles. The predicted octanol–water partition coefficient (Wildman–Crippen LogP) is 3.57. The van der Waals surface area contributed by atoms with Gasteiger partial charge in [0, 0.05) is 31.9 Å². The second kappa shape index (κ2) is 10.7. The van der Waals surface area contributed by atoms with Crippen LogP contribution in [0, 0.1) is 5.82 Å². The summed E-state index contributed by atoms with van der Waals surface area (Å²) in [5, 5.41) is 0. The number of sulfonamides is 1. The lowest BCUT2D eigenvalue weighted by Gasteiger charge is -2.35. The SMILES string of the molecule is O=C(OCCOc1ccccc1)c1cccc(S(=O)(=O)N2CCN(c3ccc(F)cc3)CC2)c1. The lowest BCUT2D eigenvalue weighted by Crippen LogP contribution is -2.48. The third kappa shape index (κ3) is 5.73. The van der Waals surface area contributed by atoms with E-state index in [1.54, 1.807) is 24.3 Å². The van der Waals surface area contributed by atoms with Gasteiger partial charge in [-0.05, 0) is 54.6 Å². The van der Waals surface area contributed by atoms with E-state index >= 15 is 0 Å². The highest BCUT2D eigenvalue weighted by molar-refractivity contribution is 7.89. The van der Waals surface area contributed by atoms with Crippen LogP contribution in [-0.2, 0) is 14.8 Å². The highest BCUT2D eigenvalue weighted by atomic mass is 32.2. The van der Waals surface area contributed by atoms with E-state index in [4.69, 9.17) is 9.47 Å². The summed E-state index contributed by atoms with van der Waals surface area (Å²) in [7, 11) is -3.78. The van der Waals surface area contributed by atoms with Gasteiger partial charge in [-0.3, -0.25) is 0 Å². The molecule has 0 amide bonds. The van der Waals surface area contributed by atoms with E-state index in [9.17, 15) is 17.6 Å². The molecule has 0 atom stereocenters. The normalized spacial score (nSPS) is 14.6. The third-order valence-electron chi connectivity index (χ3n) is 5.47. The molecule has 0 aromatic heterocycles. The van der Waals surface area contributed by atoms with E-state index in [2.05, 4.69) is 0 Å². The molecule has 1 fully saturated rings. The van der Waals surface area contributed by atoms with E-state index in [-0.39, 0.29) is 42.6 Å². The average Bonchev–Trinajstić information content (AvgIpc) is 2.88. The van der Waals surface area contributed by atoms with Gasteiger partial charge in [-0.15, -0.1) is 0 Å². The Balaban J connectivity index is 1.33. The van der Waals surface area contributed by atoms with Crippen LogP contribution in [0.2, 0.25) is 0 Å². The molecule has 34 heavy (non-hydrogen) atoms. The molecule has 9 heteroatoms. The number of rotatable bonds is 8. The summed E-state index contributed by atoms with van der Waals surface area (Å²) in [4.78, 5) is 14.5. The fourth-order valence-corrected chi connectivity index (χ4v) is 5.13. The minimum Gasteiger partial charge on any atom is -0.490 e. The first kappa shape index (κ1) is 23.7. The molecule has 1 heterocycles. The molecule has 3 aromatic rings. The summed E-state index contributed by atoms with van der Waals surface area (Å²) in [6.07, 6.45) is 0. The molecule has 0 saturated carbocycles. The maximum absolute atomic E-state index is 13.2. The van der Waals surface area contributed by atoms with Gasteiger partial charge in [-0.25, -0.2) is 17.6 Å². The monoisotopic (exact) mass is 484 g/mol. The first-order valence-corrected chi connectivity index (χ1v) is 12.3. The van der Waals surface area contributed by atoms with Crippen LogP contribution in [0.1, 0.15) is 10.4 Å². The van der Waals surface area contributed by atoms with Crippen molar-refractivity contribution in [3.63, 3.8) is 0 Å². The number of hydrogen-bond donors (Lipinski definition) is 0. The van der Waals surface area contributed by atoms with Gasteiger partial charge >= 0.3 is 5.97 Å². The maximum Gasteiger partial charge on any atom is 0.338 e. The van der Waals surface area contributed by atoms with Gasteiger partial charge in [0.2, 0.25) is 10.0 Å². The highest BCUT2D eigenvalue weighted by Crippen LogP contribution is 2.22. The van der Waals surface area contributed by atoms with Crippen LogP contribution >= 0.6 is 0 Å². The van der Waals surface area contributed by atoms with Gasteiger partial charge < -0.3 is 14.4 Å². The standard InChI is InChI=1S/C25H25FN2O5S/c26-21-9-11-22(12-10-21)27-13-15-28(16-14-27)34(30,31)24-8-4-5-20(19-24)25(29)33-18-17-32-23-6-2-1-3-7-23/h1-12,19H,13-18H2. The van der Waals surface area contributed by atoms with E-state index in [1.807, 2.05) is 23.1 Å². The number of esters is 1. The van der Waals surface area contributed by atoms with Crippen molar-refractivity contribution in [1.29, 1.82) is 0 Å². The van der Waals surface area contributed by atoms with Gasteiger partial charge in [0.25, 0.3) is 0 Å². The van der Waals surface area contributed by atoms with Crippen molar-refractivity contribution in [2.24, 2.45) is 0 Å². The number of benzene rings is 3. The van der Waals surface area contributed by atoms with Crippen molar-refractivity contribution in [2.75, 3.05) is 44.3 Å². The van der Waals surface area contributed by atoms with E-state index in [0.29, 0.717) is 18.8 Å². The number of anilines is 1. The quantitative estimate of drug-likeness (QED) is 0.359. The van der Waals surface area contributed by atoms with E-state index in [0.717, 1.165) is 5.69 Å². The number of nitrogens with zero attached hydrogens (tertiary/aromatic N) is 2. The minimum absolute atomic E-state index is 0.0377. The van der Waals surface area contributed by atoms with Crippen LogP contribution in [0.5, 0.6) is 5.75 Å². The first-order valence-electron chi connectivity index (χ1n) is 10.9. The van der Waals surface area contributed by atoms with Crippen molar-refractivity contribution in [3.05, 3.63) is 90.2 Å². The van der Waals surface area contributed by atoms with Crippen molar-refractivity contribution in [1.82, 2.24) is 4.31 Å². The summed E-state index contributed by atoms with van der Waals surface area (Å²) in [5.41, 5.74) is 1.00. The van der Waals surface area contributed by atoms with Gasteiger partial charge in [-0.2, -0.15) is 4.31 Å². The van der Waals surface area contributed by atoms with Crippen molar-refractivity contribution < 1.29 is 27.1 Å². The molecular weight excluding hydrogens is 459 g/mol. The van der Waals surface area contributed by atoms with Crippen LogP contribution < -0.4 is 9.64 Å². The van der Waals surface area contributed by atoms with Crippen LogP contribution in [0.25, 0.3) is 0 Å². The largest absolute Gasteiger partial charge is 0.490 e. The average molecular weight is 485 g/mol. The van der Waals surface area contributed by atoms with E-state index in [1.165, 1.54) is 40.7 Å². The van der Waals surface area contributed by atoms with Gasteiger partial charge in [-0.1, -0.05) is 24.3 Å². The number of para-hydroxylation sites is 1. The molecule has 178 valence electrons. The summed E-state index contributed by atoms with van der Waals surface area (Å²) in [5.74, 6) is -0.256. The summed E-state index contributed by atoms with van der Waals surface area (Å²) in [6.45, 7) is 1.75. The van der Waals surface area contributed by atoms with Crippen LogP contribution in [0.4, 0.5) is 10.1 Å². The molecule has 4 rings (SSSR count). The Hall–Kier alpha value is -3.43. The van der Waals surface area contributed by atoms with Gasteiger partial charge in [0.05, 0.1) is 10.5 Å². The van der Waals surface area contributed by atoms with Crippen LogP contribution in [0.15, 0.2) is 83.8 Å². The number of hydrogen-bond acceptors (Lipinski definition) is 6. The fourth-order valence-electron chi connectivity index (χ4n) is 3.67. The van der Waals surface area contributed by atoms with Crippen molar-refractivity contribution in [2.45, 2.75) is 4.90 Å². The number of ether oxygens (including phenoxy) is 2. The number of carbonyl (C=O) groups excluding carboxylic acids is 1. The zero-order valence-corrected chi connectivity index (χ0v) is 19.3. The Bertz CT molecular complexity index is 1210. The molecule has 1 aliphatic rings. The molecule has 0 unspecified atom stereocenters. The molecule has 0 spiro atoms. The molecule has 3 aromatic carbocycles. The summed E-state index contributed by atoms with van der Waals surface area (Å²) < 4.78 is 51.6. The molecular formula is C25H25FN2O5S. The zero-order chi connectivity index (χ0) is 24.0. The molecule has 0 N–H and O–H groups in total. The third-order valence-corrected chi connectivity index (χ3v) is 7.36. The Morgan fingerprint density at radius 1 is 0.853 bits per heavy atom. The van der Waals surface area contributed by atoms with Crippen molar-refractivity contribution in [3.8, 4) is 5.75 Å². The van der Waals surface area contributed by atoms with Gasteiger partial charge in [0.1, 0.15) is 24.8 Å². The molecule has 0 aliphatic carbocycles. The van der Waals surface area contributed by atoms with Gasteiger partial charge in [0.15, 0.2) is 0 Å². The Labute approximate surface area is 198 Å². The summed E-state index contributed by atoms with van der Waals surface area (Å²) >= 11 is 0. The highest BCUT2D eigenvalue weighted by Gasteiger charge is 2.29. The number of halogens is 1. The number of carbonyl (C=O) groups is 1. The smallest absolute Gasteiger partial charge is 0.338 e. The number of piperazine rings is 1. The fraction of sp³-hybridized carbons (Fsp3) is 0.240. The zero-order valence-electron chi connectivity index (χ0n) is 18.5. The van der Waals surface area contributed by atoms with Crippen LogP contribution in [-0.4, -0.2) is 58.1 Å². The molecule has 1 saturated heterocycles. The summed E-state index contributed by atoms with van der Waals surface area (Å²) in [6, 6.07) is 21.1. The van der Waals surface area contributed by atoms with E-state index < -0.39 is 16.0 Å². The van der Waals surface area contributed by atoms with Crippen molar-refractivity contribution >= 4 is 21.7 Å².